The monoisotopic (exact) mass is 285 g/mol. The summed E-state index contributed by atoms with van der Waals surface area (Å²) in [6.07, 6.45) is 3.15. The van der Waals surface area contributed by atoms with E-state index >= 15 is 0 Å². The molecule has 2 atom stereocenters. The Kier molecular flexibility index (Phi) is 4.01. The van der Waals surface area contributed by atoms with Crippen molar-refractivity contribution in [2.45, 2.75) is 31.9 Å². The summed E-state index contributed by atoms with van der Waals surface area (Å²) in [5.41, 5.74) is 6.92. The number of nitrogens with two attached hydrogens (primary N) is 1. The number of fused-ring (bicyclic) bond motifs is 1. The van der Waals surface area contributed by atoms with Crippen molar-refractivity contribution in [3.8, 4) is 11.5 Å². The predicted octanol–water partition coefficient (Wildman–Crippen LogP) is 2.27. The van der Waals surface area contributed by atoms with Gasteiger partial charge in [-0.05, 0) is 24.6 Å². The first kappa shape index (κ1) is 13.8. The van der Waals surface area contributed by atoms with Crippen LogP contribution in [0.1, 0.15) is 31.0 Å². The van der Waals surface area contributed by atoms with Gasteiger partial charge in [0.05, 0.1) is 0 Å². The molecule has 2 aromatic rings. The molecule has 110 valence electrons. The van der Waals surface area contributed by atoms with E-state index in [1.807, 2.05) is 30.3 Å². The molecule has 0 fully saturated rings. The Labute approximate surface area is 124 Å². The SMILES string of the molecule is CCC(N)Cc1ccnc(C2COc3ccccc3O2)n1. The maximum absolute atomic E-state index is 5.98. The summed E-state index contributed by atoms with van der Waals surface area (Å²) in [7, 11) is 0. The Morgan fingerprint density at radius 2 is 2.10 bits per heavy atom. The summed E-state index contributed by atoms with van der Waals surface area (Å²) in [6, 6.07) is 9.64. The average Bonchev–Trinajstić information content (AvgIpc) is 2.54. The number of hydrogen-bond acceptors (Lipinski definition) is 5. The van der Waals surface area contributed by atoms with Gasteiger partial charge in [0, 0.05) is 24.4 Å². The van der Waals surface area contributed by atoms with E-state index in [4.69, 9.17) is 15.2 Å². The van der Waals surface area contributed by atoms with Gasteiger partial charge in [-0.3, -0.25) is 0 Å². The van der Waals surface area contributed by atoms with Crippen LogP contribution < -0.4 is 15.2 Å². The molecule has 2 heterocycles. The third-order valence-corrected chi connectivity index (χ3v) is 3.52. The lowest BCUT2D eigenvalue weighted by molar-refractivity contribution is 0.0848. The van der Waals surface area contributed by atoms with Crippen molar-refractivity contribution < 1.29 is 9.47 Å². The minimum absolute atomic E-state index is 0.122. The standard InChI is InChI=1S/C16H19N3O2/c1-2-11(17)9-12-7-8-18-16(19-12)15-10-20-13-5-3-4-6-14(13)21-15/h3-8,11,15H,2,9-10,17H2,1H3. The van der Waals surface area contributed by atoms with Gasteiger partial charge in [-0.25, -0.2) is 9.97 Å². The predicted molar refractivity (Wildman–Crippen MR) is 79.3 cm³/mol. The van der Waals surface area contributed by atoms with Gasteiger partial charge < -0.3 is 15.2 Å². The fourth-order valence-corrected chi connectivity index (χ4v) is 2.24. The molecule has 1 aliphatic heterocycles. The van der Waals surface area contributed by atoms with E-state index < -0.39 is 0 Å². The number of ether oxygens (including phenoxy) is 2. The molecule has 21 heavy (non-hydrogen) atoms. The van der Waals surface area contributed by atoms with Crippen LogP contribution in [0.2, 0.25) is 0 Å². The second kappa shape index (κ2) is 6.10. The van der Waals surface area contributed by atoms with Gasteiger partial charge in [0.2, 0.25) is 0 Å². The van der Waals surface area contributed by atoms with Crippen LogP contribution in [0.15, 0.2) is 36.5 Å². The summed E-state index contributed by atoms with van der Waals surface area (Å²) in [5, 5.41) is 0. The average molecular weight is 285 g/mol. The molecular weight excluding hydrogens is 266 g/mol. The van der Waals surface area contributed by atoms with E-state index in [2.05, 4.69) is 16.9 Å². The smallest absolute Gasteiger partial charge is 0.192 e. The van der Waals surface area contributed by atoms with Crippen LogP contribution in [0.3, 0.4) is 0 Å². The first-order valence-corrected chi connectivity index (χ1v) is 7.22. The molecular formula is C16H19N3O2. The molecule has 0 bridgehead atoms. The van der Waals surface area contributed by atoms with Gasteiger partial charge >= 0.3 is 0 Å². The zero-order valence-corrected chi connectivity index (χ0v) is 12.0. The van der Waals surface area contributed by atoms with E-state index in [0.29, 0.717) is 12.4 Å². The number of benzene rings is 1. The molecule has 1 aromatic carbocycles. The fourth-order valence-electron chi connectivity index (χ4n) is 2.24. The number of hydrogen-bond donors (Lipinski definition) is 1. The third-order valence-electron chi connectivity index (χ3n) is 3.52. The lowest BCUT2D eigenvalue weighted by Crippen LogP contribution is -2.25. The minimum Gasteiger partial charge on any atom is -0.485 e. The van der Waals surface area contributed by atoms with E-state index in [1.165, 1.54) is 0 Å². The van der Waals surface area contributed by atoms with Crippen molar-refractivity contribution in [1.82, 2.24) is 9.97 Å². The highest BCUT2D eigenvalue weighted by molar-refractivity contribution is 5.41. The van der Waals surface area contributed by atoms with Crippen molar-refractivity contribution in [3.63, 3.8) is 0 Å². The molecule has 0 radical (unpaired) electrons. The van der Waals surface area contributed by atoms with Crippen LogP contribution in [0, 0.1) is 0 Å². The fraction of sp³-hybridized carbons (Fsp3) is 0.375. The van der Waals surface area contributed by atoms with Gasteiger partial charge in [-0.2, -0.15) is 0 Å². The molecule has 2 unspecified atom stereocenters. The van der Waals surface area contributed by atoms with Crippen LogP contribution in [0.4, 0.5) is 0 Å². The van der Waals surface area contributed by atoms with Crippen LogP contribution in [-0.4, -0.2) is 22.6 Å². The van der Waals surface area contributed by atoms with E-state index in [9.17, 15) is 0 Å². The van der Waals surface area contributed by atoms with Gasteiger partial charge in [0.15, 0.2) is 23.4 Å². The molecule has 5 nitrogen and oxygen atoms in total. The molecule has 1 aromatic heterocycles. The van der Waals surface area contributed by atoms with Crippen molar-refractivity contribution in [2.75, 3.05) is 6.61 Å². The zero-order chi connectivity index (χ0) is 14.7. The highest BCUT2D eigenvalue weighted by atomic mass is 16.6. The molecule has 3 rings (SSSR count). The summed E-state index contributed by atoms with van der Waals surface area (Å²) < 4.78 is 11.6. The second-order valence-electron chi connectivity index (χ2n) is 5.14. The summed E-state index contributed by atoms with van der Waals surface area (Å²) >= 11 is 0. The quantitative estimate of drug-likeness (QED) is 0.933. The molecule has 0 spiro atoms. The second-order valence-corrected chi connectivity index (χ2v) is 5.14. The maximum atomic E-state index is 5.98. The maximum Gasteiger partial charge on any atom is 0.192 e. The molecule has 2 N–H and O–H groups in total. The van der Waals surface area contributed by atoms with Crippen molar-refractivity contribution in [2.24, 2.45) is 5.73 Å². The lowest BCUT2D eigenvalue weighted by atomic mass is 10.1. The van der Waals surface area contributed by atoms with Gasteiger partial charge in [0.1, 0.15) is 6.61 Å². The van der Waals surface area contributed by atoms with Crippen LogP contribution in [-0.2, 0) is 6.42 Å². The van der Waals surface area contributed by atoms with Crippen molar-refractivity contribution in [1.29, 1.82) is 0 Å². The topological polar surface area (TPSA) is 70.3 Å². The van der Waals surface area contributed by atoms with Gasteiger partial charge in [0.25, 0.3) is 0 Å². The molecule has 0 saturated heterocycles. The minimum atomic E-state index is -0.280. The Morgan fingerprint density at radius 1 is 1.29 bits per heavy atom. The van der Waals surface area contributed by atoms with Gasteiger partial charge in [-0.15, -0.1) is 0 Å². The normalized spacial score (nSPS) is 18.3. The van der Waals surface area contributed by atoms with Crippen LogP contribution >= 0.6 is 0 Å². The number of para-hydroxylation sites is 2. The highest BCUT2D eigenvalue weighted by Gasteiger charge is 2.24. The van der Waals surface area contributed by atoms with E-state index in [1.54, 1.807) is 6.20 Å². The summed E-state index contributed by atoms with van der Waals surface area (Å²) in [5.74, 6) is 2.14. The number of rotatable bonds is 4. The van der Waals surface area contributed by atoms with Crippen LogP contribution in [0.25, 0.3) is 0 Å². The number of aromatic nitrogens is 2. The van der Waals surface area contributed by atoms with Crippen LogP contribution in [0.5, 0.6) is 11.5 Å². The first-order chi connectivity index (χ1) is 10.3. The van der Waals surface area contributed by atoms with E-state index in [-0.39, 0.29) is 12.1 Å². The molecule has 1 aliphatic rings. The van der Waals surface area contributed by atoms with Crippen molar-refractivity contribution in [3.05, 3.63) is 48.0 Å². The Hall–Kier alpha value is -2.14. The lowest BCUT2D eigenvalue weighted by Gasteiger charge is -2.25. The molecule has 5 heteroatoms. The zero-order valence-electron chi connectivity index (χ0n) is 12.0. The Morgan fingerprint density at radius 3 is 2.90 bits per heavy atom. The van der Waals surface area contributed by atoms with E-state index in [0.717, 1.165) is 30.0 Å². The van der Waals surface area contributed by atoms with Gasteiger partial charge in [-0.1, -0.05) is 19.1 Å². The van der Waals surface area contributed by atoms with Crippen molar-refractivity contribution >= 4 is 0 Å². The summed E-state index contributed by atoms with van der Waals surface area (Å²) in [6.45, 7) is 2.49. The first-order valence-electron chi connectivity index (χ1n) is 7.22. The Balaban J connectivity index is 1.77. The Bertz CT molecular complexity index is 618. The largest absolute Gasteiger partial charge is 0.485 e. The highest BCUT2D eigenvalue weighted by Crippen LogP contribution is 2.34. The molecule has 0 saturated carbocycles. The molecule has 0 amide bonds. The molecule has 0 aliphatic carbocycles. The number of nitrogens with zero attached hydrogens (tertiary/aromatic N) is 2. The summed E-state index contributed by atoms with van der Waals surface area (Å²) in [4.78, 5) is 8.87. The third kappa shape index (κ3) is 3.13.